The molecule has 0 fully saturated rings. The first-order valence-electron chi connectivity index (χ1n) is 11.2. The molecule has 1 aromatic heterocycles. The number of hydrogen-bond donors (Lipinski definition) is 3. The van der Waals surface area contributed by atoms with Crippen LogP contribution in [-0.2, 0) is 7.86 Å². The number of amides is 1. The van der Waals surface area contributed by atoms with E-state index in [2.05, 4.69) is 10.3 Å². The maximum atomic E-state index is 11.1. The van der Waals surface area contributed by atoms with Gasteiger partial charge in [0.2, 0.25) is 0 Å². The minimum absolute atomic E-state index is 0.00200. The van der Waals surface area contributed by atoms with E-state index < -0.39 is 40.2 Å². The van der Waals surface area contributed by atoms with E-state index in [9.17, 15) is 9.90 Å². The van der Waals surface area contributed by atoms with Gasteiger partial charge in [-0.1, -0.05) is 0 Å². The van der Waals surface area contributed by atoms with Crippen LogP contribution in [-0.4, -0.2) is 59.0 Å². The Kier molecular flexibility index (Phi) is 9.47. The molecule has 2 heterocycles. The van der Waals surface area contributed by atoms with Crippen LogP contribution >= 0.6 is 0 Å². The van der Waals surface area contributed by atoms with Gasteiger partial charge in [0.25, 0.3) is 0 Å². The van der Waals surface area contributed by atoms with Gasteiger partial charge in [-0.05, 0) is 0 Å². The van der Waals surface area contributed by atoms with Gasteiger partial charge in [-0.25, -0.2) is 0 Å². The van der Waals surface area contributed by atoms with Crippen molar-refractivity contribution in [1.29, 1.82) is 0 Å². The summed E-state index contributed by atoms with van der Waals surface area (Å²) in [6, 6.07) is 7.77. The van der Waals surface area contributed by atoms with Gasteiger partial charge in [-0.15, -0.1) is 0 Å². The summed E-state index contributed by atoms with van der Waals surface area (Å²) in [5.74, 6) is 1.23. The van der Waals surface area contributed by atoms with Crippen LogP contribution in [0.4, 0.5) is 0 Å². The van der Waals surface area contributed by atoms with Crippen molar-refractivity contribution in [3.63, 3.8) is 0 Å². The third-order valence-electron chi connectivity index (χ3n) is 4.88. The molecular formula is C25H31IN3O6-. The fourth-order valence-electron chi connectivity index (χ4n) is 3.41. The van der Waals surface area contributed by atoms with Crippen LogP contribution in [0.2, 0.25) is 0 Å². The number of nitrogens with zero attached hydrogens (tertiary/aromatic N) is 2. The van der Waals surface area contributed by atoms with Crippen molar-refractivity contribution in [2.24, 2.45) is 4.99 Å². The van der Waals surface area contributed by atoms with Crippen LogP contribution in [0.3, 0.4) is 0 Å². The number of pyridine rings is 1. The number of aromatic nitrogens is 1. The second-order valence-electron chi connectivity index (χ2n) is 8.45. The summed E-state index contributed by atoms with van der Waals surface area (Å²) in [6.45, 7) is 9.10. The molecule has 1 aliphatic heterocycles. The molecule has 35 heavy (non-hydrogen) atoms. The average molecular weight is 596 g/mol. The summed E-state index contributed by atoms with van der Waals surface area (Å²) < 4.78 is 19.6. The van der Waals surface area contributed by atoms with Crippen LogP contribution < -0.4 is 36.4 Å². The number of nitrogens with one attached hydrogen (secondary N) is 1. The molecule has 0 saturated carbocycles. The van der Waals surface area contributed by atoms with Gasteiger partial charge in [-0.3, -0.25) is 4.79 Å². The number of aliphatic hydroxyl groups excluding tert-OH is 2. The van der Waals surface area contributed by atoms with Crippen LogP contribution in [0, 0.1) is 20.8 Å². The Morgan fingerprint density at radius 1 is 1.14 bits per heavy atom. The van der Waals surface area contributed by atoms with Crippen LogP contribution in [0.1, 0.15) is 41.8 Å². The normalized spacial score (nSPS) is 14.3. The second kappa shape index (κ2) is 12.3. The average Bonchev–Trinajstić information content (AvgIpc) is 2.81. The molecule has 0 spiro atoms. The Balaban J connectivity index is 1.76. The third kappa shape index (κ3) is 7.64. The predicted molar refractivity (Wildman–Crippen MR) is 128 cm³/mol. The molecule has 1 unspecified atom stereocenters. The molecular weight excluding hydrogens is 565 g/mol. The molecule has 1 aliphatic rings. The number of aliphatic hydroxyl groups is 2. The maximum absolute atomic E-state index is 11.1. The number of aliphatic imine (C=N–C) groups is 1. The number of ether oxygens (including phenoxy) is 2. The van der Waals surface area contributed by atoms with Crippen molar-refractivity contribution >= 4 is 17.5 Å². The van der Waals surface area contributed by atoms with Crippen molar-refractivity contribution in [3.05, 3.63) is 56.3 Å². The molecule has 1 atom stereocenters. The molecule has 1 aromatic carbocycles. The van der Waals surface area contributed by atoms with Crippen molar-refractivity contribution < 1.29 is 49.2 Å². The van der Waals surface area contributed by atoms with Crippen LogP contribution in [0.15, 0.2) is 33.3 Å². The van der Waals surface area contributed by atoms with Crippen LogP contribution in [0.25, 0.3) is 5.70 Å². The molecule has 0 aliphatic carbocycles. The Bertz CT molecular complexity index is 1110. The molecule has 0 saturated heterocycles. The zero-order valence-electron chi connectivity index (χ0n) is 20.5. The zero-order valence-corrected chi connectivity index (χ0v) is 22.6. The first-order valence-corrected chi connectivity index (χ1v) is 13.3. The molecule has 190 valence electrons. The molecule has 0 radical (unpaired) electrons. The van der Waals surface area contributed by atoms with E-state index in [4.69, 9.17) is 22.6 Å². The van der Waals surface area contributed by atoms with Crippen molar-refractivity contribution in [2.45, 2.75) is 46.8 Å². The molecule has 0 bridgehead atoms. The summed E-state index contributed by atoms with van der Waals surface area (Å²) in [5.41, 5.74) is 5.25. The number of hydrogen-bond acceptors (Lipinski definition) is 8. The van der Waals surface area contributed by atoms with Gasteiger partial charge < -0.3 is 5.11 Å². The number of rotatable bonds is 10. The molecule has 9 nitrogen and oxygen atoms in total. The zero-order chi connectivity index (χ0) is 25.5. The molecule has 2 aromatic rings. The van der Waals surface area contributed by atoms with E-state index in [0.29, 0.717) is 17.5 Å². The van der Waals surface area contributed by atoms with Gasteiger partial charge in [0.05, 0.1) is 0 Å². The summed E-state index contributed by atoms with van der Waals surface area (Å²) in [4.78, 5) is 20.3. The van der Waals surface area contributed by atoms with Gasteiger partial charge in [0, 0.05) is 0 Å². The molecule has 3 rings (SSSR count). The number of benzene rings is 1. The molecule has 1 amide bonds. The summed E-state index contributed by atoms with van der Waals surface area (Å²) in [6.07, 6.45) is -0.881. The first kappa shape index (κ1) is 26.9. The Hall–Kier alpha value is -2.70. The third-order valence-corrected chi connectivity index (χ3v) is 6.39. The fourth-order valence-corrected chi connectivity index (χ4v) is 4.87. The fraction of sp³-hybridized carbons (Fsp3) is 0.400. The Morgan fingerprint density at radius 3 is 2.51 bits per heavy atom. The summed E-state index contributed by atoms with van der Waals surface area (Å²) in [5, 5.41) is 21.2. The van der Waals surface area contributed by atoms with E-state index in [1.165, 1.54) is 0 Å². The Labute approximate surface area is 216 Å². The van der Waals surface area contributed by atoms with E-state index in [-0.39, 0.29) is 19.3 Å². The SMILES string of the molecule is Cc1cc(C2=NC(c3cc(C)c(OCC(O)CNC(=O)CO)c(C)c3)=C[I-]O2)cc(OC(C)C)n1. The van der Waals surface area contributed by atoms with Crippen molar-refractivity contribution in [3.8, 4) is 11.6 Å². The quantitative estimate of drug-likeness (QED) is 0.314. The first-order chi connectivity index (χ1) is 16.7. The van der Waals surface area contributed by atoms with Gasteiger partial charge in [-0.2, -0.15) is 0 Å². The topological polar surface area (TPSA) is 123 Å². The number of aryl methyl sites for hydroxylation is 3. The molecule has 10 heteroatoms. The van der Waals surface area contributed by atoms with Gasteiger partial charge >= 0.3 is 200 Å². The molecule has 3 N–H and O–H groups in total. The minimum atomic E-state index is -0.896. The van der Waals surface area contributed by atoms with Crippen molar-refractivity contribution in [2.75, 3.05) is 19.8 Å². The van der Waals surface area contributed by atoms with Gasteiger partial charge in [0.1, 0.15) is 6.61 Å². The predicted octanol–water partition coefficient (Wildman–Crippen LogP) is -0.578. The van der Waals surface area contributed by atoms with Crippen molar-refractivity contribution in [1.82, 2.24) is 10.3 Å². The number of carbonyl (C=O) groups excluding carboxylic acids is 1. The van der Waals surface area contributed by atoms with E-state index in [1.807, 2.05) is 63.0 Å². The standard InChI is InChI=1S/C25H31IN3O6/c1-14(2)34-23-9-19(8-17(5)28-23)25-29-21(10-26-35-25)18-6-15(3)24(16(4)7-18)33-13-20(31)11-27-22(32)12-30/h6-10,14,20,30-31H,11-13H2,1-5H3,(H,27,32)/q-1. The van der Waals surface area contributed by atoms with E-state index in [0.717, 1.165) is 33.6 Å². The number of carbonyl (C=O) groups is 1. The second-order valence-corrected chi connectivity index (χ2v) is 10.0. The summed E-state index contributed by atoms with van der Waals surface area (Å²) in [7, 11) is 0. The van der Waals surface area contributed by atoms with Gasteiger partial charge in [0.15, 0.2) is 0 Å². The monoisotopic (exact) mass is 596 g/mol. The summed E-state index contributed by atoms with van der Waals surface area (Å²) >= 11 is -0.680. The van der Waals surface area contributed by atoms with E-state index >= 15 is 0 Å². The number of halogens is 1. The van der Waals surface area contributed by atoms with Crippen LogP contribution in [0.5, 0.6) is 11.6 Å². The van der Waals surface area contributed by atoms with E-state index in [1.54, 1.807) is 0 Å². The Morgan fingerprint density at radius 2 is 1.86 bits per heavy atom.